The van der Waals surface area contributed by atoms with Crippen LogP contribution in [-0.4, -0.2) is 39.6 Å². The molecule has 7 nitrogen and oxygen atoms in total. The minimum Gasteiger partial charge on any atom is -0.464 e. The molecule has 8 heteroatoms. The van der Waals surface area contributed by atoms with Crippen LogP contribution in [0.5, 0.6) is 0 Å². The molecule has 188 valence electrons. The summed E-state index contributed by atoms with van der Waals surface area (Å²) in [6.07, 6.45) is 5.75. The van der Waals surface area contributed by atoms with Crippen LogP contribution < -0.4 is 10.6 Å². The molecule has 1 aliphatic rings. The van der Waals surface area contributed by atoms with E-state index < -0.39 is 11.5 Å². The van der Waals surface area contributed by atoms with Gasteiger partial charge in [-0.1, -0.05) is 26.0 Å². The molecule has 3 aromatic rings. The molecule has 0 amide bonds. The van der Waals surface area contributed by atoms with Crippen molar-refractivity contribution in [2.75, 3.05) is 11.9 Å². The van der Waals surface area contributed by atoms with Gasteiger partial charge in [0.05, 0.1) is 16.9 Å². The van der Waals surface area contributed by atoms with Crippen molar-refractivity contribution in [3.8, 4) is 0 Å². The summed E-state index contributed by atoms with van der Waals surface area (Å²) in [5.74, 6) is 0.515. The van der Waals surface area contributed by atoms with Gasteiger partial charge in [-0.25, -0.2) is 9.78 Å². The molecule has 2 N–H and O–H groups in total. The number of nitrogens with one attached hydrogen (secondary N) is 2. The normalized spacial score (nSPS) is 15.6. The molecule has 1 aromatic carbocycles. The summed E-state index contributed by atoms with van der Waals surface area (Å²) in [5, 5.41) is 8.99. The van der Waals surface area contributed by atoms with Crippen molar-refractivity contribution >= 4 is 45.8 Å². The first-order valence-electron chi connectivity index (χ1n) is 12.1. The number of nitrogens with zero attached hydrogens (tertiary/aromatic N) is 2. The van der Waals surface area contributed by atoms with E-state index in [-0.39, 0.29) is 17.0 Å². The maximum Gasteiger partial charge on any atom is 0.328 e. The maximum absolute atomic E-state index is 12.9. The van der Waals surface area contributed by atoms with Crippen molar-refractivity contribution in [2.24, 2.45) is 5.41 Å². The first-order chi connectivity index (χ1) is 17.2. The molecule has 36 heavy (non-hydrogen) atoms. The molecule has 0 saturated heterocycles. The lowest BCUT2D eigenvalue weighted by molar-refractivity contribution is -0.145. The topological polar surface area (TPSA) is 93.2 Å². The molecule has 0 bridgehead atoms. The monoisotopic (exact) mass is 504 g/mol. The maximum atomic E-state index is 12.9. The quantitative estimate of drug-likeness (QED) is 0.355. The number of thioether (sulfide) groups is 1. The molecular formula is C28H32N4O3S. The van der Waals surface area contributed by atoms with Gasteiger partial charge in [0.2, 0.25) is 0 Å². The molecule has 0 aliphatic heterocycles. The SMILES string of the molecule is CCOC(=O)[C@H](Cc1ccc(Nc2nccc3ccncc23)cc1)NC1=C(SC(C)C)C(=O)C1(C)C. The molecule has 1 atom stereocenters. The van der Waals surface area contributed by atoms with Crippen molar-refractivity contribution in [3.63, 3.8) is 0 Å². The van der Waals surface area contributed by atoms with E-state index in [4.69, 9.17) is 4.74 Å². The Kier molecular flexibility index (Phi) is 7.64. The first-order valence-corrected chi connectivity index (χ1v) is 13.0. The fourth-order valence-electron chi connectivity index (χ4n) is 4.14. The third-order valence-corrected chi connectivity index (χ3v) is 7.19. The van der Waals surface area contributed by atoms with Crippen molar-refractivity contribution in [1.82, 2.24) is 15.3 Å². The number of carbonyl (C=O) groups excluding carboxylic acids is 2. The fraction of sp³-hybridized carbons (Fsp3) is 0.357. The Morgan fingerprint density at radius 2 is 1.83 bits per heavy atom. The summed E-state index contributed by atoms with van der Waals surface area (Å²) < 4.78 is 5.36. The zero-order valence-corrected chi connectivity index (χ0v) is 22.1. The highest BCUT2D eigenvalue weighted by atomic mass is 32.2. The number of ketones is 1. The van der Waals surface area contributed by atoms with Crippen LogP contribution in [-0.2, 0) is 20.7 Å². The second-order valence-electron chi connectivity index (χ2n) is 9.56. The Balaban J connectivity index is 1.52. The average Bonchev–Trinajstić information content (AvgIpc) is 2.86. The van der Waals surface area contributed by atoms with Crippen molar-refractivity contribution in [2.45, 2.75) is 52.3 Å². The van der Waals surface area contributed by atoms with E-state index in [1.165, 1.54) is 11.8 Å². The predicted octanol–water partition coefficient (Wildman–Crippen LogP) is 5.40. The summed E-state index contributed by atoms with van der Waals surface area (Å²) in [6, 6.07) is 11.2. The predicted molar refractivity (Wildman–Crippen MR) is 145 cm³/mol. The van der Waals surface area contributed by atoms with Gasteiger partial charge in [-0.05, 0) is 56.0 Å². The number of Topliss-reactive ketones (excluding diaryl/α,β-unsaturated/α-hetero) is 1. The number of rotatable bonds is 10. The highest BCUT2D eigenvalue weighted by Gasteiger charge is 2.48. The van der Waals surface area contributed by atoms with Gasteiger partial charge in [-0.3, -0.25) is 9.78 Å². The van der Waals surface area contributed by atoms with Gasteiger partial charge in [0.25, 0.3) is 0 Å². The number of allylic oxidation sites excluding steroid dienone is 2. The molecule has 0 unspecified atom stereocenters. The van der Waals surface area contributed by atoms with Crippen LogP contribution in [0.1, 0.15) is 40.2 Å². The fourth-order valence-corrected chi connectivity index (χ4v) is 5.41. The smallest absolute Gasteiger partial charge is 0.328 e. The number of anilines is 2. The van der Waals surface area contributed by atoms with Gasteiger partial charge in [-0.15, -0.1) is 11.8 Å². The number of hydrogen-bond donors (Lipinski definition) is 2. The van der Waals surface area contributed by atoms with Gasteiger partial charge in [-0.2, -0.15) is 0 Å². The van der Waals surface area contributed by atoms with E-state index in [1.54, 1.807) is 25.5 Å². The van der Waals surface area contributed by atoms with Gasteiger partial charge < -0.3 is 15.4 Å². The van der Waals surface area contributed by atoms with Crippen LogP contribution >= 0.6 is 11.8 Å². The molecule has 0 saturated carbocycles. The Morgan fingerprint density at radius 3 is 2.53 bits per heavy atom. The lowest BCUT2D eigenvalue weighted by Crippen LogP contribution is -2.51. The van der Waals surface area contributed by atoms with E-state index in [0.717, 1.165) is 33.5 Å². The summed E-state index contributed by atoms with van der Waals surface area (Å²) >= 11 is 1.53. The second-order valence-corrected chi connectivity index (χ2v) is 11.1. The van der Waals surface area contributed by atoms with Crippen LogP contribution in [0, 0.1) is 5.41 Å². The first kappa shape index (κ1) is 25.7. The van der Waals surface area contributed by atoms with E-state index >= 15 is 0 Å². The lowest BCUT2D eigenvalue weighted by Gasteiger charge is -2.40. The molecule has 4 rings (SSSR count). The minimum atomic E-state index is -0.643. The zero-order chi connectivity index (χ0) is 25.9. The van der Waals surface area contributed by atoms with Crippen molar-refractivity contribution < 1.29 is 14.3 Å². The molecule has 0 spiro atoms. The average molecular weight is 505 g/mol. The highest BCUT2D eigenvalue weighted by Crippen LogP contribution is 2.47. The Hall–Kier alpha value is -3.39. The number of hydrogen-bond acceptors (Lipinski definition) is 8. The van der Waals surface area contributed by atoms with Crippen molar-refractivity contribution in [3.05, 3.63) is 71.2 Å². The number of carbonyl (C=O) groups is 2. The van der Waals surface area contributed by atoms with Crippen LogP contribution in [0.4, 0.5) is 11.5 Å². The van der Waals surface area contributed by atoms with Crippen LogP contribution in [0.25, 0.3) is 10.8 Å². The van der Waals surface area contributed by atoms with E-state index in [0.29, 0.717) is 17.9 Å². The van der Waals surface area contributed by atoms with Gasteiger partial charge >= 0.3 is 5.97 Å². The third-order valence-electron chi connectivity index (χ3n) is 6.09. The summed E-state index contributed by atoms with van der Waals surface area (Å²) in [7, 11) is 0. The van der Waals surface area contributed by atoms with Crippen LogP contribution in [0.15, 0.2) is 65.6 Å². The van der Waals surface area contributed by atoms with Crippen LogP contribution in [0.2, 0.25) is 0 Å². The third kappa shape index (κ3) is 5.38. The molecule has 1 aliphatic carbocycles. The van der Waals surface area contributed by atoms with Crippen molar-refractivity contribution in [1.29, 1.82) is 0 Å². The Bertz CT molecular complexity index is 1300. The molecule has 2 heterocycles. The number of esters is 1. The zero-order valence-electron chi connectivity index (χ0n) is 21.3. The number of benzene rings is 1. The largest absolute Gasteiger partial charge is 0.464 e. The Morgan fingerprint density at radius 1 is 1.11 bits per heavy atom. The number of ether oxygens (including phenoxy) is 1. The number of aromatic nitrogens is 2. The molecular weight excluding hydrogens is 472 g/mol. The number of fused-ring (bicyclic) bond motifs is 1. The van der Waals surface area contributed by atoms with Crippen LogP contribution in [0.3, 0.4) is 0 Å². The van der Waals surface area contributed by atoms with E-state index in [2.05, 4.69) is 34.4 Å². The molecule has 2 aromatic heterocycles. The summed E-state index contributed by atoms with van der Waals surface area (Å²) in [4.78, 5) is 34.9. The van der Waals surface area contributed by atoms with Gasteiger partial charge in [0.15, 0.2) is 5.78 Å². The van der Waals surface area contributed by atoms with E-state index in [9.17, 15) is 9.59 Å². The molecule has 0 radical (unpaired) electrons. The molecule has 0 fully saturated rings. The minimum absolute atomic E-state index is 0.110. The van der Waals surface area contributed by atoms with Gasteiger partial charge in [0.1, 0.15) is 11.9 Å². The van der Waals surface area contributed by atoms with Gasteiger partial charge in [0, 0.05) is 47.0 Å². The summed E-state index contributed by atoms with van der Waals surface area (Å²) in [5.41, 5.74) is 2.03. The standard InChI is InChI=1S/C28H32N4O3S/c1-6-35-27(34)22(32-24-23(36-17(2)3)25(33)28(24,4)5)15-18-7-9-20(10-8-18)31-26-21-16-29-13-11-19(21)12-14-30-26/h7-14,16-17,22,32H,6,15H2,1-5H3,(H,30,31)/t22-/m0/s1. The summed E-state index contributed by atoms with van der Waals surface area (Å²) in [6.45, 7) is 9.97. The highest BCUT2D eigenvalue weighted by molar-refractivity contribution is 8.04. The Labute approximate surface area is 216 Å². The number of pyridine rings is 2. The second kappa shape index (κ2) is 10.7. The lowest BCUT2D eigenvalue weighted by atomic mass is 9.74. The van der Waals surface area contributed by atoms with E-state index in [1.807, 2.05) is 50.2 Å².